The van der Waals surface area contributed by atoms with E-state index < -0.39 is 0 Å². The largest absolute Gasteiger partial charge is 0.325 e. The van der Waals surface area contributed by atoms with E-state index in [1.54, 1.807) is 4.68 Å². The van der Waals surface area contributed by atoms with Gasteiger partial charge in [-0.25, -0.2) is 0 Å². The molecule has 0 radical (unpaired) electrons. The van der Waals surface area contributed by atoms with E-state index in [9.17, 15) is 4.79 Å². The summed E-state index contributed by atoms with van der Waals surface area (Å²) in [6.45, 7) is 8.10. The Hall–Kier alpha value is -2.67. The molecule has 0 fully saturated rings. The van der Waals surface area contributed by atoms with Gasteiger partial charge < -0.3 is 5.32 Å². The van der Waals surface area contributed by atoms with Crippen molar-refractivity contribution in [1.82, 2.24) is 20.2 Å². The molecule has 6 nitrogen and oxygen atoms in total. The van der Waals surface area contributed by atoms with Crippen molar-refractivity contribution in [2.45, 2.75) is 32.9 Å². The molecule has 3 rings (SSSR count). The third kappa shape index (κ3) is 3.94. The second-order valence-electron chi connectivity index (χ2n) is 6.25. The molecule has 0 aliphatic rings. The van der Waals surface area contributed by atoms with E-state index in [1.165, 1.54) is 22.9 Å². The minimum atomic E-state index is -0.0857. The lowest BCUT2D eigenvalue weighted by molar-refractivity contribution is -0.113. The molecular weight excluding hydrogens is 346 g/mol. The Labute approximate surface area is 157 Å². The van der Waals surface area contributed by atoms with Crippen LogP contribution >= 0.6 is 11.8 Å². The molecular formula is C19H21N5OS. The number of nitrogens with one attached hydrogen (secondary N) is 1. The van der Waals surface area contributed by atoms with Crippen molar-refractivity contribution in [1.29, 1.82) is 0 Å². The van der Waals surface area contributed by atoms with Crippen LogP contribution in [0.15, 0.2) is 41.6 Å². The standard InChI is InChI=1S/C19H21N5OS/c1-12-8-9-16(14(3)10-12)20-18(25)11-26-19-21-22-23-24(19)17-7-5-6-13(2)15(17)4/h5-10H,11H2,1-4H3,(H,20,25). The second-order valence-corrected chi connectivity index (χ2v) is 7.19. The van der Waals surface area contributed by atoms with E-state index in [2.05, 4.69) is 20.8 Å². The van der Waals surface area contributed by atoms with Crippen LogP contribution in [0.3, 0.4) is 0 Å². The molecule has 1 heterocycles. The van der Waals surface area contributed by atoms with E-state index >= 15 is 0 Å². The number of nitrogens with zero attached hydrogens (tertiary/aromatic N) is 4. The zero-order valence-electron chi connectivity index (χ0n) is 15.3. The lowest BCUT2D eigenvalue weighted by atomic mass is 10.1. The van der Waals surface area contributed by atoms with Gasteiger partial charge in [-0.3, -0.25) is 4.79 Å². The normalized spacial score (nSPS) is 10.8. The molecule has 3 aromatic rings. The van der Waals surface area contributed by atoms with Crippen LogP contribution in [0, 0.1) is 27.7 Å². The van der Waals surface area contributed by atoms with Gasteiger partial charge in [0.15, 0.2) is 0 Å². The van der Waals surface area contributed by atoms with E-state index in [0.29, 0.717) is 5.16 Å². The van der Waals surface area contributed by atoms with Crippen molar-refractivity contribution in [2.75, 3.05) is 11.1 Å². The zero-order chi connectivity index (χ0) is 18.7. The number of tetrazole rings is 1. The van der Waals surface area contributed by atoms with Crippen LogP contribution in [-0.4, -0.2) is 31.9 Å². The molecule has 134 valence electrons. The number of anilines is 1. The highest BCUT2D eigenvalue weighted by atomic mass is 32.2. The fraction of sp³-hybridized carbons (Fsp3) is 0.263. The predicted molar refractivity (Wildman–Crippen MR) is 104 cm³/mol. The Morgan fingerprint density at radius 2 is 1.92 bits per heavy atom. The van der Waals surface area contributed by atoms with Gasteiger partial charge in [-0.05, 0) is 66.9 Å². The Balaban J connectivity index is 1.70. The molecule has 0 saturated heterocycles. The van der Waals surface area contributed by atoms with Crippen molar-refractivity contribution in [2.24, 2.45) is 0 Å². The first-order chi connectivity index (χ1) is 12.5. The lowest BCUT2D eigenvalue weighted by Gasteiger charge is -2.10. The molecule has 1 N–H and O–H groups in total. The minimum Gasteiger partial charge on any atom is -0.325 e. The number of benzene rings is 2. The van der Waals surface area contributed by atoms with E-state index in [0.717, 1.165) is 22.5 Å². The smallest absolute Gasteiger partial charge is 0.234 e. The van der Waals surface area contributed by atoms with Gasteiger partial charge in [-0.1, -0.05) is 41.6 Å². The molecule has 0 spiro atoms. The Morgan fingerprint density at radius 1 is 1.12 bits per heavy atom. The first-order valence-electron chi connectivity index (χ1n) is 8.30. The zero-order valence-corrected chi connectivity index (χ0v) is 16.1. The molecule has 0 saturated carbocycles. The van der Waals surface area contributed by atoms with Gasteiger partial charge in [0.2, 0.25) is 11.1 Å². The van der Waals surface area contributed by atoms with Crippen molar-refractivity contribution in [3.05, 3.63) is 58.7 Å². The summed E-state index contributed by atoms with van der Waals surface area (Å²) in [5, 5.41) is 15.4. The Morgan fingerprint density at radius 3 is 2.69 bits per heavy atom. The fourth-order valence-corrected chi connectivity index (χ4v) is 3.34. The van der Waals surface area contributed by atoms with Gasteiger partial charge in [0.1, 0.15) is 0 Å². The van der Waals surface area contributed by atoms with Crippen molar-refractivity contribution < 1.29 is 4.79 Å². The number of aromatic nitrogens is 4. The molecule has 1 aromatic heterocycles. The van der Waals surface area contributed by atoms with Crippen LogP contribution in [0.25, 0.3) is 5.69 Å². The van der Waals surface area contributed by atoms with Gasteiger partial charge in [-0.2, -0.15) is 4.68 Å². The second kappa shape index (κ2) is 7.70. The summed E-state index contributed by atoms with van der Waals surface area (Å²) < 4.78 is 1.68. The number of hydrogen-bond acceptors (Lipinski definition) is 5. The first-order valence-corrected chi connectivity index (χ1v) is 9.29. The minimum absolute atomic E-state index is 0.0857. The maximum atomic E-state index is 12.3. The molecule has 26 heavy (non-hydrogen) atoms. The predicted octanol–water partition coefficient (Wildman–Crippen LogP) is 3.63. The molecule has 2 aromatic carbocycles. The summed E-state index contributed by atoms with van der Waals surface area (Å²) in [6.07, 6.45) is 0. The van der Waals surface area contributed by atoms with E-state index in [4.69, 9.17) is 0 Å². The highest BCUT2D eigenvalue weighted by Gasteiger charge is 2.14. The summed E-state index contributed by atoms with van der Waals surface area (Å²) in [4.78, 5) is 12.3. The summed E-state index contributed by atoms with van der Waals surface area (Å²) in [6, 6.07) is 11.9. The number of aryl methyl sites for hydroxylation is 3. The number of hydrogen-bond donors (Lipinski definition) is 1. The average Bonchev–Trinajstić information content (AvgIpc) is 3.06. The van der Waals surface area contributed by atoms with Crippen molar-refractivity contribution >= 4 is 23.4 Å². The number of carbonyl (C=O) groups excluding carboxylic acids is 1. The average molecular weight is 367 g/mol. The first kappa shape index (κ1) is 18.1. The van der Waals surface area contributed by atoms with Crippen LogP contribution in [0.1, 0.15) is 22.3 Å². The summed E-state index contributed by atoms with van der Waals surface area (Å²) >= 11 is 1.31. The van der Waals surface area contributed by atoms with Crippen molar-refractivity contribution in [3.63, 3.8) is 0 Å². The topological polar surface area (TPSA) is 72.7 Å². The number of thioether (sulfide) groups is 1. The van der Waals surface area contributed by atoms with Gasteiger partial charge >= 0.3 is 0 Å². The summed E-state index contributed by atoms with van der Waals surface area (Å²) in [5.74, 6) is 0.149. The number of amides is 1. The third-order valence-corrected chi connectivity index (χ3v) is 5.15. The van der Waals surface area contributed by atoms with Crippen LogP contribution in [0.4, 0.5) is 5.69 Å². The quantitative estimate of drug-likeness (QED) is 0.697. The Bertz CT molecular complexity index is 951. The molecule has 0 atom stereocenters. The maximum absolute atomic E-state index is 12.3. The van der Waals surface area contributed by atoms with Crippen molar-refractivity contribution in [3.8, 4) is 5.69 Å². The maximum Gasteiger partial charge on any atom is 0.234 e. The van der Waals surface area contributed by atoms with E-state index in [-0.39, 0.29) is 11.7 Å². The van der Waals surface area contributed by atoms with E-state index in [1.807, 2.05) is 64.1 Å². The summed E-state index contributed by atoms with van der Waals surface area (Å²) in [7, 11) is 0. The highest BCUT2D eigenvalue weighted by Crippen LogP contribution is 2.23. The van der Waals surface area contributed by atoms with Gasteiger partial charge in [0, 0.05) is 5.69 Å². The van der Waals surface area contributed by atoms with Crippen LogP contribution < -0.4 is 5.32 Å². The Kier molecular flexibility index (Phi) is 5.37. The number of rotatable bonds is 5. The molecule has 1 amide bonds. The summed E-state index contributed by atoms with van der Waals surface area (Å²) in [5.41, 5.74) is 6.25. The van der Waals surface area contributed by atoms with Gasteiger partial charge in [0.25, 0.3) is 0 Å². The lowest BCUT2D eigenvalue weighted by Crippen LogP contribution is -2.15. The van der Waals surface area contributed by atoms with Gasteiger partial charge in [0.05, 0.1) is 11.4 Å². The van der Waals surface area contributed by atoms with Gasteiger partial charge in [-0.15, -0.1) is 5.10 Å². The molecule has 0 unspecified atom stereocenters. The van der Waals surface area contributed by atoms with Crippen LogP contribution in [0.2, 0.25) is 0 Å². The fourth-order valence-electron chi connectivity index (χ4n) is 2.66. The van der Waals surface area contributed by atoms with Crippen LogP contribution in [0.5, 0.6) is 0 Å². The third-order valence-electron chi connectivity index (χ3n) is 4.23. The number of carbonyl (C=O) groups is 1. The van der Waals surface area contributed by atoms with Crippen LogP contribution in [-0.2, 0) is 4.79 Å². The molecule has 0 aliphatic heterocycles. The monoisotopic (exact) mass is 367 g/mol. The molecule has 0 bridgehead atoms. The highest BCUT2D eigenvalue weighted by molar-refractivity contribution is 7.99. The SMILES string of the molecule is Cc1ccc(NC(=O)CSc2nnnn2-c2cccc(C)c2C)c(C)c1. The molecule has 0 aliphatic carbocycles. The molecule has 7 heteroatoms.